The highest BCUT2D eigenvalue weighted by Gasteiger charge is 2.47. The molecule has 0 bridgehead atoms. The highest BCUT2D eigenvalue weighted by molar-refractivity contribution is 9.10. The van der Waals surface area contributed by atoms with Crippen molar-refractivity contribution in [3.63, 3.8) is 0 Å². The van der Waals surface area contributed by atoms with E-state index in [0.717, 1.165) is 15.9 Å². The van der Waals surface area contributed by atoms with Gasteiger partial charge >= 0.3 is 0 Å². The number of benzene rings is 1. The number of rotatable bonds is 7. The number of ether oxygens (including phenoxy) is 1. The lowest BCUT2D eigenvalue weighted by molar-refractivity contribution is 0.183. The minimum Gasteiger partial charge on any atom is -0.383 e. The molecule has 0 spiro atoms. The monoisotopic (exact) mass is 416 g/mol. The predicted molar refractivity (Wildman–Crippen MR) is 101 cm³/mol. The zero-order valence-electron chi connectivity index (χ0n) is 14.9. The quantitative estimate of drug-likeness (QED) is 0.580. The van der Waals surface area contributed by atoms with Gasteiger partial charge in [-0.25, -0.2) is 0 Å². The van der Waals surface area contributed by atoms with Crippen molar-refractivity contribution in [2.24, 2.45) is 5.92 Å². The topological polar surface area (TPSA) is 66.0 Å². The van der Waals surface area contributed by atoms with Crippen LogP contribution in [-0.2, 0) is 16.7 Å². The van der Waals surface area contributed by atoms with Gasteiger partial charge in [-0.3, -0.25) is 4.68 Å². The van der Waals surface area contributed by atoms with Gasteiger partial charge in [0.25, 0.3) is 5.89 Å². The van der Waals surface area contributed by atoms with Crippen molar-refractivity contribution < 1.29 is 9.26 Å². The van der Waals surface area contributed by atoms with Gasteiger partial charge in [-0.2, -0.15) is 10.1 Å². The van der Waals surface area contributed by atoms with Gasteiger partial charge in [0.2, 0.25) is 0 Å². The van der Waals surface area contributed by atoms with Crippen LogP contribution in [0.4, 0.5) is 0 Å². The van der Waals surface area contributed by atoms with Gasteiger partial charge in [0, 0.05) is 17.8 Å². The van der Waals surface area contributed by atoms with Gasteiger partial charge in [0.1, 0.15) is 0 Å². The number of nitrogens with zero attached hydrogens (tertiary/aromatic N) is 4. The largest absolute Gasteiger partial charge is 0.383 e. The molecule has 3 aromatic rings. The van der Waals surface area contributed by atoms with Crippen molar-refractivity contribution in [2.45, 2.75) is 31.7 Å². The third-order valence-electron chi connectivity index (χ3n) is 5.13. The van der Waals surface area contributed by atoms with E-state index in [0.29, 0.717) is 25.0 Å². The van der Waals surface area contributed by atoms with Gasteiger partial charge in [0.15, 0.2) is 5.82 Å². The summed E-state index contributed by atoms with van der Waals surface area (Å²) in [4.78, 5) is 4.73. The van der Waals surface area contributed by atoms with E-state index in [9.17, 15) is 0 Å². The fourth-order valence-corrected chi connectivity index (χ4v) is 3.60. The fourth-order valence-electron chi connectivity index (χ4n) is 3.34. The van der Waals surface area contributed by atoms with Crippen LogP contribution in [0.5, 0.6) is 0 Å². The van der Waals surface area contributed by atoms with Crippen LogP contribution in [0.1, 0.15) is 31.2 Å². The second-order valence-corrected chi connectivity index (χ2v) is 7.81. The molecule has 6 nitrogen and oxygen atoms in total. The van der Waals surface area contributed by atoms with E-state index in [1.54, 1.807) is 13.3 Å². The molecule has 1 fully saturated rings. The zero-order valence-corrected chi connectivity index (χ0v) is 16.4. The van der Waals surface area contributed by atoms with Gasteiger partial charge in [0.05, 0.1) is 30.3 Å². The first kappa shape index (κ1) is 17.4. The Bertz CT molecular complexity index is 885. The number of halogens is 1. The number of hydrogen-bond donors (Lipinski definition) is 0. The van der Waals surface area contributed by atoms with Gasteiger partial charge < -0.3 is 9.26 Å². The van der Waals surface area contributed by atoms with Crippen molar-refractivity contribution in [1.29, 1.82) is 0 Å². The Morgan fingerprint density at radius 3 is 2.77 bits per heavy atom. The Morgan fingerprint density at radius 2 is 2.08 bits per heavy atom. The van der Waals surface area contributed by atoms with Crippen molar-refractivity contribution in [3.8, 4) is 11.5 Å². The molecule has 0 N–H and O–H groups in total. The summed E-state index contributed by atoms with van der Waals surface area (Å²) in [6.07, 6.45) is 6.03. The first-order valence-electron chi connectivity index (χ1n) is 8.73. The molecule has 2 aromatic heterocycles. The fraction of sp³-hybridized carbons (Fsp3) is 0.421. The third-order valence-corrected chi connectivity index (χ3v) is 5.66. The normalized spacial score (nSPS) is 16.6. The van der Waals surface area contributed by atoms with Crippen LogP contribution in [0.2, 0.25) is 0 Å². The van der Waals surface area contributed by atoms with Crippen molar-refractivity contribution in [3.05, 3.63) is 52.5 Å². The van der Waals surface area contributed by atoms with Crippen LogP contribution >= 0.6 is 15.9 Å². The summed E-state index contributed by atoms with van der Waals surface area (Å²) in [5.74, 6) is 1.79. The molecule has 26 heavy (non-hydrogen) atoms. The summed E-state index contributed by atoms with van der Waals surface area (Å²) < 4.78 is 13.6. The van der Waals surface area contributed by atoms with E-state index in [4.69, 9.17) is 14.2 Å². The van der Waals surface area contributed by atoms with Crippen LogP contribution < -0.4 is 0 Å². The first-order chi connectivity index (χ1) is 12.6. The van der Waals surface area contributed by atoms with Gasteiger partial charge in [-0.05, 0) is 43.4 Å². The van der Waals surface area contributed by atoms with Crippen LogP contribution in [0.15, 0.2) is 45.7 Å². The molecular formula is C19H21BrN4O2. The molecule has 7 heteroatoms. The van der Waals surface area contributed by atoms with Crippen molar-refractivity contribution in [1.82, 2.24) is 19.9 Å². The van der Waals surface area contributed by atoms with Crippen molar-refractivity contribution in [2.75, 3.05) is 13.7 Å². The van der Waals surface area contributed by atoms with E-state index in [-0.39, 0.29) is 5.41 Å². The van der Waals surface area contributed by atoms with Crippen LogP contribution in [0.3, 0.4) is 0 Å². The third kappa shape index (κ3) is 3.21. The summed E-state index contributed by atoms with van der Waals surface area (Å²) in [6.45, 7) is 3.51. The van der Waals surface area contributed by atoms with Gasteiger partial charge in [-0.15, -0.1) is 0 Å². The van der Waals surface area contributed by atoms with E-state index in [2.05, 4.69) is 57.4 Å². The van der Waals surface area contributed by atoms with E-state index in [1.165, 1.54) is 18.4 Å². The van der Waals surface area contributed by atoms with E-state index in [1.807, 2.05) is 10.9 Å². The Balaban J connectivity index is 1.64. The second-order valence-electron chi connectivity index (χ2n) is 6.89. The number of aromatic nitrogens is 4. The van der Waals surface area contributed by atoms with Gasteiger partial charge in [-0.1, -0.05) is 33.2 Å². The predicted octanol–water partition coefficient (Wildman–Crippen LogP) is 4.06. The molecule has 2 heterocycles. The molecule has 1 aromatic carbocycles. The first-order valence-corrected chi connectivity index (χ1v) is 9.52. The lowest BCUT2D eigenvalue weighted by Gasteiger charge is -2.26. The molecule has 0 amide bonds. The lowest BCUT2D eigenvalue weighted by Crippen LogP contribution is -2.27. The molecular weight excluding hydrogens is 396 g/mol. The molecule has 1 aliphatic carbocycles. The molecule has 0 aliphatic heterocycles. The minimum atomic E-state index is -0.242. The molecule has 1 atom stereocenters. The molecule has 4 rings (SSSR count). The van der Waals surface area contributed by atoms with Crippen LogP contribution in [0.25, 0.3) is 11.5 Å². The lowest BCUT2D eigenvalue weighted by atomic mass is 9.77. The average Bonchev–Trinajstić information content (AvgIpc) is 3.20. The standard InChI is InChI=1S/C19H21BrN4O2/c1-19(14-3-4-14,15-5-7-16(20)8-6-15)18-22-17(26-23-18)13-11-21-24(12-13)9-10-25-2/h5-8,11-12,14H,3-4,9-10H2,1-2H3. The van der Waals surface area contributed by atoms with E-state index >= 15 is 0 Å². The summed E-state index contributed by atoms with van der Waals surface area (Å²) in [5.41, 5.74) is 1.80. The van der Waals surface area contributed by atoms with Crippen LogP contribution in [0, 0.1) is 5.92 Å². The van der Waals surface area contributed by atoms with Crippen LogP contribution in [-0.4, -0.2) is 33.6 Å². The Labute approximate surface area is 160 Å². The molecule has 1 unspecified atom stereocenters. The zero-order chi connectivity index (χ0) is 18.1. The molecule has 1 saturated carbocycles. The second kappa shape index (κ2) is 6.96. The molecule has 0 saturated heterocycles. The van der Waals surface area contributed by atoms with E-state index < -0.39 is 0 Å². The number of methoxy groups -OCH3 is 1. The van der Waals surface area contributed by atoms with Crippen molar-refractivity contribution >= 4 is 15.9 Å². The highest BCUT2D eigenvalue weighted by atomic mass is 79.9. The summed E-state index contributed by atoms with van der Waals surface area (Å²) in [7, 11) is 1.68. The molecule has 136 valence electrons. The maximum absolute atomic E-state index is 5.58. The Kier molecular flexibility index (Phi) is 4.67. The maximum atomic E-state index is 5.58. The smallest absolute Gasteiger partial charge is 0.261 e. The average molecular weight is 417 g/mol. The molecule has 0 radical (unpaired) electrons. The SMILES string of the molecule is COCCn1cc(-c2nc(C(C)(c3ccc(Br)cc3)C3CC3)no2)cn1. The molecule has 1 aliphatic rings. The summed E-state index contributed by atoms with van der Waals surface area (Å²) in [5, 5.41) is 8.66. The highest BCUT2D eigenvalue weighted by Crippen LogP contribution is 2.50. The minimum absolute atomic E-state index is 0.242. The number of hydrogen-bond acceptors (Lipinski definition) is 5. The Morgan fingerprint density at radius 1 is 1.31 bits per heavy atom. The summed E-state index contributed by atoms with van der Waals surface area (Å²) >= 11 is 3.51. The maximum Gasteiger partial charge on any atom is 0.261 e. The summed E-state index contributed by atoms with van der Waals surface area (Å²) in [6, 6.07) is 8.41. The Hall–Kier alpha value is -1.99.